The van der Waals surface area contributed by atoms with Crippen molar-refractivity contribution in [1.82, 2.24) is 9.88 Å². The predicted octanol–water partition coefficient (Wildman–Crippen LogP) is 1.73. The molecule has 1 aromatic rings. The third-order valence-electron chi connectivity index (χ3n) is 1.86. The number of hydrogen-bond donors (Lipinski definition) is 1. The second-order valence-electron chi connectivity index (χ2n) is 3.21. The Bertz CT molecular complexity index is 403. The molecule has 8 heteroatoms. The van der Waals surface area contributed by atoms with Gasteiger partial charge in [-0.15, -0.1) is 11.3 Å². The standard InChI is InChI=1S/C9H11F3N2OS2/c1-14(8(15)2-3-16)4-7-13-6(5-17-7)9(10,11)12/h2,5,15-16H,3-4H2,1H3/p-1/b8-2+. The van der Waals surface area contributed by atoms with Gasteiger partial charge in [-0.25, -0.2) is 4.98 Å². The third-order valence-corrected chi connectivity index (χ3v) is 2.87. The Morgan fingerprint density at radius 3 is 2.76 bits per heavy atom. The summed E-state index contributed by atoms with van der Waals surface area (Å²) < 4.78 is 36.8. The van der Waals surface area contributed by atoms with Crippen molar-refractivity contribution in [3.05, 3.63) is 28.0 Å². The Labute approximate surface area is 106 Å². The molecule has 0 bridgehead atoms. The molecule has 1 heterocycles. The molecule has 0 saturated heterocycles. The molecule has 0 saturated carbocycles. The van der Waals surface area contributed by atoms with Gasteiger partial charge in [-0.05, 0) is 5.88 Å². The van der Waals surface area contributed by atoms with Crippen LogP contribution in [0.15, 0.2) is 17.3 Å². The Morgan fingerprint density at radius 1 is 1.65 bits per heavy atom. The van der Waals surface area contributed by atoms with Crippen LogP contribution in [-0.2, 0) is 12.7 Å². The number of alkyl halides is 3. The van der Waals surface area contributed by atoms with E-state index in [1.807, 2.05) is 0 Å². The molecule has 0 aliphatic heterocycles. The predicted molar refractivity (Wildman–Crippen MR) is 60.5 cm³/mol. The first-order chi connectivity index (χ1) is 7.84. The molecule has 17 heavy (non-hydrogen) atoms. The summed E-state index contributed by atoms with van der Waals surface area (Å²) in [6.07, 6.45) is -3.10. The van der Waals surface area contributed by atoms with Crippen molar-refractivity contribution in [3.8, 4) is 0 Å². The minimum atomic E-state index is -4.44. The summed E-state index contributed by atoms with van der Waals surface area (Å²) in [5.74, 6) is -0.00164. The van der Waals surface area contributed by atoms with Crippen LogP contribution in [0.5, 0.6) is 0 Å². The Morgan fingerprint density at radius 2 is 2.29 bits per heavy atom. The van der Waals surface area contributed by atoms with Crippen LogP contribution in [0.25, 0.3) is 0 Å². The largest absolute Gasteiger partial charge is 0.861 e. The van der Waals surface area contributed by atoms with E-state index in [9.17, 15) is 18.3 Å². The van der Waals surface area contributed by atoms with E-state index in [-0.39, 0.29) is 23.2 Å². The quantitative estimate of drug-likeness (QED) is 0.675. The normalized spacial score (nSPS) is 12.9. The maximum atomic E-state index is 12.3. The van der Waals surface area contributed by atoms with E-state index in [2.05, 4.69) is 17.6 Å². The van der Waals surface area contributed by atoms with Crippen LogP contribution in [0.2, 0.25) is 0 Å². The van der Waals surface area contributed by atoms with Crippen molar-refractivity contribution in [2.75, 3.05) is 12.8 Å². The molecule has 0 radical (unpaired) electrons. The highest BCUT2D eigenvalue weighted by Gasteiger charge is 2.33. The average molecular weight is 283 g/mol. The fourth-order valence-corrected chi connectivity index (χ4v) is 2.04. The van der Waals surface area contributed by atoms with E-state index in [0.29, 0.717) is 0 Å². The van der Waals surface area contributed by atoms with Crippen LogP contribution in [0, 0.1) is 0 Å². The highest BCUT2D eigenvalue weighted by Crippen LogP contribution is 2.30. The summed E-state index contributed by atoms with van der Waals surface area (Å²) in [5, 5.41) is 12.5. The first-order valence-corrected chi connectivity index (χ1v) is 6.06. The molecule has 0 fully saturated rings. The van der Waals surface area contributed by atoms with Crippen molar-refractivity contribution in [3.63, 3.8) is 0 Å². The second kappa shape index (κ2) is 5.63. The average Bonchev–Trinajstić information content (AvgIpc) is 2.66. The molecule has 0 aliphatic carbocycles. The molecule has 3 nitrogen and oxygen atoms in total. The van der Waals surface area contributed by atoms with Gasteiger partial charge in [0.1, 0.15) is 5.01 Å². The van der Waals surface area contributed by atoms with Crippen LogP contribution in [0.4, 0.5) is 13.2 Å². The number of hydrogen-bond acceptors (Lipinski definition) is 5. The Hall–Kier alpha value is -0.890. The van der Waals surface area contributed by atoms with Gasteiger partial charge in [0.05, 0.1) is 6.54 Å². The highest BCUT2D eigenvalue weighted by atomic mass is 32.1. The van der Waals surface area contributed by atoms with Crippen LogP contribution in [-0.4, -0.2) is 22.7 Å². The summed E-state index contributed by atoms with van der Waals surface area (Å²) in [5.41, 5.74) is -0.920. The van der Waals surface area contributed by atoms with Gasteiger partial charge in [-0.2, -0.15) is 25.8 Å². The van der Waals surface area contributed by atoms with E-state index in [4.69, 9.17) is 0 Å². The molecule has 0 N–H and O–H groups in total. The van der Waals surface area contributed by atoms with Crippen LogP contribution in [0.1, 0.15) is 10.7 Å². The lowest BCUT2D eigenvalue weighted by molar-refractivity contribution is -0.332. The fourth-order valence-electron chi connectivity index (χ4n) is 1.03. The molecule has 1 aromatic heterocycles. The number of thiol groups is 1. The van der Waals surface area contributed by atoms with Crippen molar-refractivity contribution < 1.29 is 18.3 Å². The van der Waals surface area contributed by atoms with E-state index >= 15 is 0 Å². The van der Waals surface area contributed by atoms with Gasteiger partial charge in [0.25, 0.3) is 0 Å². The molecular formula is C9H10F3N2OS2-. The second-order valence-corrected chi connectivity index (χ2v) is 4.51. The summed E-state index contributed by atoms with van der Waals surface area (Å²) in [4.78, 5) is 4.72. The van der Waals surface area contributed by atoms with E-state index in [1.165, 1.54) is 18.0 Å². The Kier molecular flexibility index (Phi) is 4.70. The lowest BCUT2D eigenvalue weighted by Gasteiger charge is -2.25. The molecule has 0 unspecified atom stereocenters. The van der Waals surface area contributed by atoms with E-state index < -0.39 is 11.9 Å². The third kappa shape index (κ3) is 4.12. The number of halogens is 3. The van der Waals surface area contributed by atoms with Crippen LogP contribution >= 0.6 is 24.0 Å². The van der Waals surface area contributed by atoms with Crippen molar-refractivity contribution >= 4 is 24.0 Å². The lowest BCUT2D eigenvalue weighted by atomic mass is 10.5. The van der Waals surface area contributed by atoms with E-state index in [1.54, 1.807) is 0 Å². The van der Waals surface area contributed by atoms with Crippen molar-refractivity contribution in [1.29, 1.82) is 0 Å². The molecule has 0 atom stereocenters. The summed E-state index contributed by atoms with van der Waals surface area (Å²) in [6, 6.07) is 0. The lowest BCUT2D eigenvalue weighted by Crippen LogP contribution is -2.26. The maximum absolute atomic E-state index is 12.3. The van der Waals surface area contributed by atoms with Gasteiger partial charge in [0, 0.05) is 18.2 Å². The molecule has 0 aliphatic rings. The van der Waals surface area contributed by atoms with E-state index in [0.717, 1.165) is 16.7 Å². The van der Waals surface area contributed by atoms with Gasteiger partial charge in [-0.3, -0.25) is 0 Å². The summed E-state index contributed by atoms with van der Waals surface area (Å²) in [6.45, 7) is 0.0594. The van der Waals surface area contributed by atoms with Crippen LogP contribution in [0.3, 0.4) is 0 Å². The zero-order valence-corrected chi connectivity index (χ0v) is 10.6. The highest BCUT2D eigenvalue weighted by molar-refractivity contribution is 7.80. The summed E-state index contributed by atoms with van der Waals surface area (Å²) >= 11 is 4.74. The number of rotatable bonds is 4. The first-order valence-electron chi connectivity index (χ1n) is 4.55. The maximum Gasteiger partial charge on any atom is 0.434 e. The minimum Gasteiger partial charge on any atom is -0.861 e. The van der Waals surface area contributed by atoms with Crippen molar-refractivity contribution in [2.45, 2.75) is 12.7 Å². The number of aromatic nitrogens is 1. The topological polar surface area (TPSA) is 39.2 Å². The SMILES string of the molecule is CN(Cc1nc(C(F)(F)F)cs1)/C([O-])=C\CS. The molecule has 0 aromatic carbocycles. The van der Waals surface area contributed by atoms with Gasteiger partial charge in [0.15, 0.2) is 5.69 Å². The van der Waals surface area contributed by atoms with Crippen molar-refractivity contribution in [2.24, 2.45) is 0 Å². The van der Waals surface area contributed by atoms with Gasteiger partial charge in [0.2, 0.25) is 0 Å². The molecular weight excluding hydrogens is 273 g/mol. The zero-order chi connectivity index (χ0) is 13.1. The Balaban J connectivity index is 2.70. The number of nitrogens with zero attached hydrogens (tertiary/aromatic N) is 2. The fraction of sp³-hybridized carbons (Fsp3) is 0.444. The zero-order valence-electron chi connectivity index (χ0n) is 8.86. The molecule has 0 amide bonds. The summed E-state index contributed by atoms with van der Waals surface area (Å²) in [7, 11) is 1.50. The smallest absolute Gasteiger partial charge is 0.434 e. The molecule has 1 rings (SSSR count). The number of thiazole rings is 1. The molecule has 0 spiro atoms. The van der Waals surface area contributed by atoms with Gasteiger partial charge >= 0.3 is 6.18 Å². The van der Waals surface area contributed by atoms with Crippen LogP contribution < -0.4 is 5.11 Å². The van der Waals surface area contributed by atoms with Gasteiger partial charge in [-0.1, -0.05) is 6.08 Å². The molecule has 96 valence electrons. The minimum absolute atomic E-state index is 0.0594. The van der Waals surface area contributed by atoms with Gasteiger partial charge < -0.3 is 10.0 Å². The first kappa shape index (κ1) is 14.2. The monoisotopic (exact) mass is 283 g/mol.